The lowest BCUT2D eigenvalue weighted by atomic mass is 9.75. The molecule has 4 saturated heterocycles. The normalized spacial score (nSPS) is 28.2. The Balaban J connectivity index is 1.11. The first kappa shape index (κ1) is 23.1. The van der Waals surface area contributed by atoms with Crippen molar-refractivity contribution in [3.63, 3.8) is 0 Å². The van der Waals surface area contributed by atoms with Crippen LogP contribution in [0.15, 0.2) is 53.6 Å². The Bertz CT molecular complexity index is 1030. The zero-order chi connectivity index (χ0) is 22.8. The van der Waals surface area contributed by atoms with Crippen LogP contribution < -0.4 is 9.62 Å². The maximum Gasteiger partial charge on any atom is 0.240 e. The molecule has 4 fully saturated rings. The Morgan fingerprint density at radius 1 is 1.03 bits per heavy atom. The van der Waals surface area contributed by atoms with Crippen LogP contribution in [-0.2, 0) is 10.0 Å². The molecule has 178 valence electrons. The fourth-order valence-electron chi connectivity index (χ4n) is 5.60. The number of fused-ring (bicyclic) bond motifs is 3. The van der Waals surface area contributed by atoms with Crippen molar-refractivity contribution in [3.05, 3.63) is 53.7 Å². The minimum absolute atomic E-state index is 0.269. The molecule has 0 saturated carbocycles. The van der Waals surface area contributed by atoms with E-state index in [4.69, 9.17) is 11.6 Å². The summed E-state index contributed by atoms with van der Waals surface area (Å²) in [6, 6.07) is 12.7. The average molecular weight is 490 g/mol. The topological polar surface area (TPSA) is 68.8 Å². The second-order valence-electron chi connectivity index (χ2n) is 9.47. The van der Waals surface area contributed by atoms with Gasteiger partial charge in [0.05, 0.1) is 4.90 Å². The van der Waals surface area contributed by atoms with Gasteiger partial charge in [-0.3, -0.25) is 9.80 Å². The van der Waals surface area contributed by atoms with Crippen LogP contribution >= 0.6 is 11.6 Å². The number of piperidine rings is 3. The fourth-order valence-corrected chi connectivity index (χ4v) is 6.80. The molecule has 4 aliphatic rings. The highest BCUT2D eigenvalue weighted by Gasteiger charge is 2.41. The SMILES string of the molecule is O=S(=O)(NC[C@H]1C[C@@H]2CCN1C[C@@H]2CN1CCN(c2ccccn2)CC1)c1ccc(Cl)cc1. The van der Waals surface area contributed by atoms with Gasteiger partial charge in [-0.1, -0.05) is 17.7 Å². The van der Waals surface area contributed by atoms with Crippen LogP contribution in [0.3, 0.4) is 0 Å². The Morgan fingerprint density at radius 3 is 2.48 bits per heavy atom. The number of anilines is 1. The highest BCUT2D eigenvalue weighted by Crippen LogP contribution is 2.36. The second-order valence-corrected chi connectivity index (χ2v) is 11.7. The van der Waals surface area contributed by atoms with Crippen molar-refractivity contribution in [2.24, 2.45) is 11.8 Å². The van der Waals surface area contributed by atoms with Crippen molar-refractivity contribution >= 4 is 27.4 Å². The molecule has 2 bridgehead atoms. The highest BCUT2D eigenvalue weighted by molar-refractivity contribution is 7.89. The molecule has 4 atom stereocenters. The molecule has 33 heavy (non-hydrogen) atoms. The number of piperazine rings is 1. The molecular formula is C24H32ClN5O2S. The van der Waals surface area contributed by atoms with Gasteiger partial charge in [-0.15, -0.1) is 0 Å². The van der Waals surface area contributed by atoms with Crippen LogP contribution in [0.1, 0.15) is 12.8 Å². The Hall–Kier alpha value is -1.71. The van der Waals surface area contributed by atoms with E-state index in [2.05, 4.69) is 30.5 Å². The van der Waals surface area contributed by atoms with Gasteiger partial charge >= 0.3 is 0 Å². The summed E-state index contributed by atoms with van der Waals surface area (Å²) in [5.74, 6) is 2.42. The second kappa shape index (κ2) is 9.88. The number of pyridine rings is 1. The zero-order valence-corrected chi connectivity index (χ0v) is 20.4. The van der Waals surface area contributed by atoms with Gasteiger partial charge in [0, 0.05) is 63.1 Å². The molecule has 1 N–H and O–H groups in total. The first-order valence-electron chi connectivity index (χ1n) is 11.9. The van der Waals surface area contributed by atoms with E-state index in [9.17, 15) is 8.42 Å². The summed E-state index contributed by atoms with van der Waals surface area (Å²) >= 11 is 5.89. The minimum Gasteiger partial charge on any atom is -0.354 e. The molecule has 1 aromatic carbocycles. The van der Waals surface area contributed by atoms with Gasteiger partial charge in [-0.2, -0.15) is 0 Å². The predicted octanol–water partition coefficient (Wildman–Crippen LogP) is 2.55. The van der Waals surface area contributed by atoms with E-state index in [1.165, 1.54) is 6.42 Å². The van der Waals surface area contributed by atoms with Crippen LogP contribution in [0, 0.1) is 11.8 Å². The van der Waals surface area contributed by atoms with Crippen LogP contribution in [0.5, 0.6) is 0 Å². The highest BCUT2D eigenvalue weighted by atomic mass is 35.5. The minimum atomic E-state index is -3.51. The maximum atomic E-state index is 12.7. The lowest BCUT2D eigenvalue weighted by molar-refractivity contribution is -0.0108. The van der Waals surface area contributed by atoms with E-state index in [1.54, 1.807) is 24.3 Å². The molecule has 1 aromatic heterocycles. The molecule has 5 heterocycles. The van der Waals surface area contributed by atoms with Crippen LogP contribution in [0.4, 0.5) is 5.82 Å². The first-order chi connectivity index (χ1) is 16.0. The van der Waals surface area contributed by atoms with E-state index < -0.39 is 10.0 Å². The number of nitrogens with zero attached hydrogens (tertiary/aromatic N) is 4. The summed E-state index contributed by atoms with van der Waals surface area (Å²) < 4.78 is 28.2. The third-order valence-electron chi connectivity index (χ3n) is 7.49. The van der Waals surface area contributed by atoms with Crippen molar-refractivity contribution in [2.75, 3.05) is 57.3 Å². The Kier molecular flexibility index (Phi) is 6.90. The summed E-state index contributed by atoms with van der Waals surface area (Å²) in [5, 5.41) is 0.536. The first-order valence-corrected chi connectivity index (χ1v) is 13.7. The monoisotopic (exact) mass is 489 g/mol. The third kappa shape index (κ3) is 5.35. The molecule has 1 unspecified atom stereocenters. The van der Waals surface area contributed by atoms with Crippen molar-refractivity contribution in [1.29, 1.82) is 0 Å². The number of sulfonamides is 1. The van der Waals surface area contributed by atoms with Gasteiger partial charge in [0.2, 0.25) is 10.0 Å². The maximum absolute atomic E-state index is 12.7. The largest absolute Gasteiger partial charge is 0.354 e. The van der Waals surface area contributed by atoms with E-state index in [0.29, 0.717) is 23.4 Å². The molecule has 0 spiro atoms. The van der Waals surface area contributed by atoms with Gasteiger partial charge in [-0.05, 0) is 67.6 Å². The van der Waals surface area contributed by atoms with Gasteiger partial charge in [0.25, 0.3) is 0 Å². The summed E-state index contributed by atoms with van der Waals surface area (Å²) in [6.45, 7) is 7.94. The molecule has 0 amide bonds. The summed E-state index contributed by atoms with van der Waals surface area (Å²) in [4.78, 5) is 12.2. The van der Waals surface area contributed by atoms with Crippen molar-refractivity contribution in [3.8, 4) is 0 Å². The number of benzene rings is 1. The lowest BCUT2D eigenvalue weighted by Gasteiger charge is -2.51. The molecule has 0 radical (unpaired) electrons. The Labute approximate surface area is 201 Å². The summed E-state index contributed by atoms with van der Waals surface area (Å²) in [5.41, 5.74) is 0. The molecular weight excluding hydrogens is 458 g/mol. The molecule has 6 rings (SSSR count). The third-order valence-corrected chi connectivity index (χ3v) is 9.18. The number of hydrogen-bond acceptors (Lipinski definition) is 6. The van der Waals surface area contributed by atoms with Crippen LogP contribution in [0.2, 0.25) is 5.02 Å². The van der Waals surface area contributed by atoms with Crippen molar-refractivity contribution in [1.82, 2.24) is 19.5 Å². The molecule has 4 aliphatic heterocycles. The van der Waals surface area contributed by atoms with Gasteiger partial charge in [-0.25, -0.2) is 18.1 Å². The van der Waals surface area contributed by atoms with Crippen molar-refractivity contribution in [2.45, 2.75) is 23.8 Å². The predicted molar refractivity (Wildman–Crippen MR) is 131 cm³/mol. The molecule has 9 heteroatoms. The smallest absolute Gasteiger partial charge is 0.240 e. The van der Waals surface area contributed by atoms with Gasteiger partial charge in [0.15, 0.2) is 0 Å². The molecule has 7 nitrogen and oxygen atoms in total. The number of rotatable bonds is 7. The standard InChI is InChI=1S/C24H32ClN5O2S/c25-21-4-6-23(7-5-21)33(31,32)27-16-22-15-19-8-10-30(22)18-20(19)17-28-11-13-29(14-12-28)24-3-1-2-9-26-24/h1-7,9,19-20,22,27H,8,10-18H2/t19-,20-,22+/m0/s1. The average Bonchev–Trinajstić information content (AvgIpc) is 2.85. The quantitative estimate of drug-likeness (QED) is 0.644. The number of halogens is 1. The summed E-state index contributed by atoms with van der Waals surface area (Å²) in [7, 11) is -3.51. The van der Waals surface area contributed by atoms with E-state index in [1.807, 2.05) is 18.3 Å². The van der Waals surface area contributed by atoms with Crippen molar-refractivity contribution < 1.29 is 8.42 Å². The number of hydrogen-bond donors (Lipinski definition) is 1. The fraction of sp³-hybridized carbons (Fsp3) is 0.542. The summed E-state index contributed by atoms with van der Waals surface area (Å²) in [6.07, 6.45) is 4.15. The zero-order valence-electron chi connectivity index (χ0n) is 18.8. The molecule has 2 aromatic rings. The van der Waals surface area contributed by atoms with Crippen LogP contribution in [0.25, 0.3) is 0 Å². The van der Waals surface area contributed by atoms with Crippen LogP contribution in [-0.4, -0.2) is 81.6 Å². The van der Waals surface area contributed by atoms with Gasteiger partial charge < -0.3 is 4.90 Å². The van der Waals surface area contributed by atoms with E-state index in [-0.39, 0.29) is 10.9 Å². The number of aromatic nitrogens is 1. The Morgan fingerprint density at radius 2 is 1.82 bits per heavy atom. The lowest BCUT2D eigenvalue weighted by Crippen LogP contribution is -2.59. The van der Waals surface area contributed by atoms with E-state index >= 15 is 0 Å². The van der Waals surface area contributed by atoms with Gasteiger partial charge in [0.1, 0.15) is 5.82 Å². The number of nitrogens with one attached hydrogen (secondary N) is 1. The molecule has 0 aliphatic carbocycles. The van der Waals surface area contributed by atoms with E-state index in [0.717, 1.165) is 58.1 Å².